The van der Waals surface area contributed by atoms with Gasteiger partial charge in [-0.05, 0) is 31.2 Å². The summed E-state index contributed by atoms with van der Waals surface area (Å²) >= 11 is 0. The smallest absolute Gasteiger partial charge is 0.244 e. The van der Waals surface area contributed by atoms with Gasteiger partial charge in [-0.25, -0.2) is 0 Å². The van der Waals surface area contributed by atoms with Crippen molar-refractivity contribution >= 4 is 11.8 Å². The highest BCUT2D eigenvalue weighted by molar-refractivity contribution is 5.83. The number of carbonyl (C=O) groups is 2. The summed E-state index contributed by atoms with van der Waals surface area (Å²) < 4.78 is 0. The molecule has 6 heteroatoms. The molecule has 2 aliphatic heterocycles. The van der Waals surface area contributed by atoms with Gasteiger partial charge in [-0.3, -0.25) is 19.4 Å². The minimum Gasteiger partial charge on any atom is -0.352 e. The molecule has 1 aromatic rings. The van der Waals surface area contributed by atoms with E-state index in [-0.39, 0.29) is 17.9 Å². The van der Waals surface area contributed by atoms with Gasteiger partial charge in [-0.1, -0.05) is 30.3 Å². The van der Waals surface area contributed by atoms with Gasteiger partial charge in [0.05, 0.1) is 6.54 Å². The van der Waals surface area contributed by atoms with Gasteiger partial charge in [0.15, 0.2) is 0 Å². The van der Waals surface area contributed by atoms with Crippen LogP contribution in [0.3, 0.4) is 0 Å². The number of piperazine rings is 1. The van der Waals surface area contributed by atoms with E-state index in [1.54, 1.807) is 0 Å². The van der Waals surface area contributed by atoms with Crippen molar-refractivity contribution < 1.29 is 9.59 Å². The van der Waals surface area contributed by atoms with E-state index < -0.39 is 0 Å². The maximum atomic E-state index is 13.2. The summed E-state index contributed by atoms with van der Waals surface area (Å²) in [6, 6.07) is 10.4. The largest absolute Gasteiger partial charge is 0.352 e. The molecule has 0 radical (unpaired) electrons. The predicted octanol–water partition coefficient (Wildman–Crippen LogP) is 1.25. The van der Waals surface area contributed by atoms with E-state index in [0.717, 1.165) is 70.5 Å². The minimum absolute atomic E-state index is 0.138. The van der Waals surface area contributed by atoms with Gasteiger partial charge in [0, 0.05) is 45.3 Å². The molecular formula is C21H30N4O2. The van der Waals surface area contributed by atoms with Crippen molar-refractivity contribution in [2.24, 2.45) is 0 Å². The monoisotopic (exact) mass is 370 g/mol. The summed E-state index contributed by atoms with van der Waals surface area (Å²) in [5, 5.41) is 3.06. The van der Waals surface area contributed by atoms with Gasteiger partial charge in [-0.15, -0.1) is 0 Å². The van der Waals surface area contributed by atoms with Crippen molar-refractivity contribution in [2.45, 2.75) is 37.8 Å². The van der Waals surface area contributed by atoms with Crippen LogP contribution >= 0.6 is 0 Å². The SMILES string of the molecule is O=C(CN1CCN(C(C(=O)N2CCCC2)c2ccccc2)CC1)NC1CC1. The van der Waals surface area contributed by atoms with E-state index >= 15 is 0 Å². The summed E-state index contributed by atoms with van der Waals surface area (Å²) in [5.74, 6) is 0.373. The van der Waals surface area contributed by atoms with E-state index in [2.05, 4.69) is 27.2 Å². The Balaban J connectivity index is 1.39. The first-order valence-corrected chi connectivity index (χ1v) is 10.3. The number of hydrogen-bond acceptors (Lipinski definition) is 4. The van der Waals surface area contributed by atoms with Gasteiger partial charge in [0.25, 0.3) is 0 Å². The molecule has 6 nitrogen and oxygen atoms in total. The second-order valence-corrected chi connectivity index (χ2v) is 8.00. The van der Waals surface area contributed by atoms with Crippen LogP contribution in [0.4, 0.5) is 0 Å². The number of nitrogens with one attached hydrogen (secondary N) is 1. The van der Waals surface area contributed by atoms with Crippen molar-refractivity contribution in [1.82, 2.24) is 20.0 Å². The van der Waals surface area contributed by atoms with Crippen LogP contribution in [0, 0.1) is 0 Å². The van der Waals surface area contributed by atoms with Gasteiger partial charge in [-0.2, -0.15) is 0 Å². The molecule has 0 spiro atoms. The average Bonchev–Trinajstić information content (AvgIpc) is 3.32. The maximum Gasteiger partial charge on any atom is 0.244 e. The number of rotatable bonds is 6. The quantitative estimate of drug-likeness (QED) is 0.819. The van der Waals surface area contributed by atoms with E-state index in [9.17, 15) is 9.59 Å². The molecular weight excluding hydrogens is 340 g/mol. The molecule has 1 aliphatic carbocycles. The molecule has 1 saturated carbocycles. The zero-order chi connectivity index (χ0) is 18.6. The summed E-state index contributed by atoms with van der Waals surface area (Å²) in [6.07, 6.45) is 4.46. The molecule has 3 fully saturated rings. The highest BCUT2D eigenvalue weighted by Crippen LogP contribution is 2.26. The van der Waals surface area contributed by atoms with Crippen LogP contribution in [0.2, 0.25) is 0 Å². The second kappa shape index (κ2) is 8.40. The maximum absolute atomic E-state index is 13.2. The number of benzene rings is 1. The molecule has 2 amide bonds. The lowest BCUT2D eigenvalue weighted by Gasteiger charge is -2.39. The van der Waals surface area contributed by atoms with Crippen LogP contribution < -0.4 is 5.32 Å². The lowest BCUT2D eigenvalue weighted by molar-refractivity contribution is -0.137. The molecule has 0 bridgehead atoms. The number of nitrogens with zero attached hydrogens (tertiary/aromatic N) is 3. The lowest BCUT2D eigenvalue weighted by atomic mass is 10.0. The zero-order valence-electron chi connectivity index (χ0n) is 16.0. The van der Waals surface area contributed by atoms with Gasteiger partial charge in [0.1, 0.15) is 6.04 Å². The lowest BCUT2D eigenvalue weighted by Crippen LogP contribution is -2.53. The molecule has 27 heavy (non-hydrogen) atoms. The molecule has 0 aromatic heterocycles. The average molecular weight is 370 g/mol. The molecule has 146 valence electrons. The van der Waals surface area contributed by atoms with Crippen LogP contribution in [-0.2, 0) is 9.59 Å². The van der Waals surface area contributed by atoms with E-state index in [1.165, 1.54) is 0 Å². The molecule has 1 unspecified atom stereocenters. The Morgan fingerprint density at radius 2 is 1.63 bits per heavy atom. The second-order valence-electron chi connectivity index (χ2n) is 8.00. The number of carbonyl (C=O) groups excluding carboxylic acids is 2. The molecule has 1 atom stereocenters. The first kappa shape index (κ1) is 18.4. The van der Waals surface area contributed by atoms with Crippen molar-refractivity contribution in [3.05, 3.63) is 35.9 Å². The standard InChI is InChI=1S/C21H30N4O2/c26-19(22-18-8-9-18)16-23-12-14-24(15-13-23)20(17-6-2-1-3-7-17)21(27)25-10-4-5-11-25/h1-3,6-7,18,20H,4-5,8-16H2,(H,22,26). The molecule has 3 aliphatic rings. The summed E-state index contributed by atoms with van der Waals surface area (Å²) in [6.45, 7) is 5.52. The van der Waals surface area contributed by atoms with E-state index in [0.29, 0.717) is 12.6 Å². The Hall–Kier alpha value is -1.92. The third-order valence-corrected chi connectivity index (χ3v) is 5.85. The number of amides is 2. The topological polar surface area (TPSA) is 55.9 Å². The summed E-state index contributed by atoms with van der Waals surface area (Å²) in [7, 11) is 0. The highest BCUT2D eigenvalue weighted by atomic mass is 16.2. The number of likely N-dealkylation sites (tertiary alicyclic amines) is 1. The van der Waals surface area contributed by atoms with Crippen molar-refractivity contribution in [2.75, 3.05) is 45.8 Å². The van der Waals surface area contributed by atoms with Crippen molar-refractivity contribution in [3.63, 3.8) is 0 Å². The molecule has 4 rings (SSSR count). The molecule has 1 N–H and O–H groups in total. The van der Waals surface area contributed by atoms with Gasteiger partial charge in [0.2, 0.25) is 11.8 Å². The van der Waals surface area contributed by atoms with Crippen LogP contribution in [0.15, 0.2) is 30.3 Å². The zero-order valence-corrected chi connectivity index (χ0v) is 16.0. The number of hydrogen-bond donors (Lipinski definition) is 1. The first-order chi connectivity index (χ1) is 13.2. The van der Waals surface area contributed by atoms with E-state index in [4.69, 9.17) is 0 Å². The fourth-order valence-corrected chi connectivity index (χ4v) is 4.14. The third kappa shape index (κ3) is 4.68. The van der Waals surface area contributed by atoms with Gasteiger partial charge < -0.3 is 10.2 Å². The van der Waals surface area contributed by atoms with Crippen molar-refractivity contribution in [3.8, 4) is 0 Å². The Labute approximate surface area is 161 Å². The van der Waals surface area contributed by atoms with Crippen molar-refractivity contribution in [1.29, 1.82) is 0 Å². The van der Waals surface area contributed by atoms with Crippen LogP contribution in [0.5, 0.6) is 0 Å². The Morgan fingerprint density at radius 1 is 0.963 bits per heavy atom. The molecule has 2 heterocycles. The molecule has 1 aromatic carbocycles. The minimum atomic E-state index is -0.202. The first-order valence-electron chi connectivity index (χ1n) is 10.3. The van der Waals surface area contributed by atoms with Gasteiger partial charge >= 0.3 is 0 Å². The predicted molar refractivity (Wildman–Crippen MR) is 104 cm³/mol. The normalized spacial score (nSPS) is 22.6. The highest BCUT2D eigenvalue weighted by Gasteiger charge is 2.34. The summed E-state index contributed by atoms with van der Waals surface area (Å²) in [4.78, 5) is 31.8. The third-order valence-electron chi connectivity index (χ3n) is 5.85. The molecule has 2 saturated heterocycles. The summed E-state index contributed by atoms with van der Waals surface area (Å²) in [5.41, 5.74) is 1.08. The van der Waals surface area contributed by atoms with Crippen LogP contribution in [0.1, 0.15) is 37.3 Å². The van der Waals surface area contributed by atoms with Crippen LogP contribution in [-0.4, -0.2) is 78.4 Å². The fourth-order valence-electron chi connectivity index (χ4n) is 4.14. The Morgan fingerprint density at radius 3 is 2.26 bits per heavy atom. The Kier molecular flexibility index (Phi) is 5.74. The fraction of sp³-hybridized carbons (Fsp3) is 0.619. The Bertz CT molecular complexity index is 647. The van der Waals surface area contributed by atoms with Crippen LogP contribution in [0.25, 0.3) is 0 Å². The van der Waals surface area contributed by atoms with E-state index in [1.807, 2.05) is 23.1 Å².